The molecule has 0 bridgehead atoms. The zero-order valence-corrected chi connectivity index (χ0v) is 18.8. The number of benzene rings is 2. The fourth-order valence-corrected chi connectivity index (χ4v) is 4.97. The van der Waals surface area contributed by atoms with Crippen molar-refractivity contribution in [1.29, 1.82) is 0 Å². The molecule has 0 N–H and O–H groups in total. The third-order valence-corrected chi connectivity index (χ3v) is 7.13. The van der Waals surface area contributed by atoms with Crippen molar-refractivity contribution in [3.63, 3.8) is 0 Å². The Morgan fingerprint density at radius 2 is 1.62 bits per heavy atom. The summed E-state index contributed by atoms with van der Waals surface area (Å²) >= 11 is 0. The van der Waals surface area contributed by atoms with Crippen LogP contribution in [0.2, 0.25) is 0 Å². The molecule has 1 nitrogen and oxygen atoms in total. The first kappa shape index (κ1) is 20.2. The van der Waals surface area contributed by atoms with Gasteiger partial charge < -0.3 is 0 Å². The summed E-state index contributed by atoms with van der Waals surface area (Å²) in [5, 5.41) is 2.99. The lowest BCUT2D eigenvalue weighted by atomic mass is 9.86. The van der Waals surface area contributed by atoms with Gasteiger partial charge in [-0.15, -0.1) is 0 Å². The Morgan fingerprint density at radius 3 is 2.38 bits per heavy atom. The van der Waals surface area contributed by atoms with E-state index in [1.807, 2.05) is 0 Å². The second kappa shape index (κ2) is 7.61. The van der Waals surface area contributed by atoms with Crippen molar-refractivity contribution in [3.05, 3.63) is 70.1 Å². The second-order valence-corrected chi connectivity index (χ2v) is 9.89. The summed E-state index contributed by atoms with van der Waals surface area (Å²) in [7, 11) is 2.20. The lowest BCUT2D eigenvalue weighted by molar-refractivity contribution is 0.0662. The number of rotatable bonds is 0. The minimum Gasteiger partial charge on any atom is -0.292 e. The number of hydrogen-bond donors (Lipinski definition) is 0. The van der Waals surface area contributed by atoms with Gasteiger partial charge in [-0.3, -0.25) is 4.90 Å². The largest absolute Gasteiger partial charge is 0.292 e. The third kappa shape index (κ3) is 3.85. The van der Waals surface area contributed by atoms with Crippen molar-refractivity contribution in [2.24, 2.45) is 0 Å². The molecule has 152 valence electrons. The van der Waals surface area contributed by atoms with Crippen LogP contribution in [0.25, 0.3) is 23.3 Å². The van der Waals surface area contributed by atoms with Crippen LogP contribution >= 0.6 is 0 Å². The highest BCUT2D eigenvalue weighted by Gasteiger charge is 2.34. The van der Waals surface area contributed by atoms with Crippen LogP contribution in [-0.2, 0) is 12.8 Å². The Kier molecular flexibility index (Phi) is 5.29. The summed E-state index contributed by atoms with van der Waals surface area (Å²) in [6.45, 7) is 9.09. The number of hydrogen-bond acceptors (Lipinski definition) is 1. The molecule has 0 unspecified atom stereocenters. The van der Waals surface area contributed by atoms with E-state index in [0.29, 0.717) is 5.54 Å². The van der Waals surface area contributed by atoms with E-state index in [0.717, 1.165) is 12.8 Å². The highest BCUT2D eigenvalue weighted by Crippen LogP contribution is 2.31. The lowest BCUT2D eigenvalue weighted by Crippen LogP contribution is -2.53. The van der Waals surface area contributed by atoms with Crippen LogP contribution < -0.4 is 10.4 Å². The molecule has 1 heteroatoms. The molecule has 3 aliphatic rings. The van der Waals surface area contributed by atoms with Gasteiger partial charge in [-0.05, 0) is 99.5 Å². The van der Waals surface area contributed by atoms with Crippen molar-refractivity contribution >= 4 is 12.2 Å². The van der Waals surface area contributed by atoms with Gasteiger partial charge in [0.15, 0.2) is 0 Å². The predicted molar refractivity (Wildman–Crippen MR) is 126 cm³/mol. The average Bonchev–Trinajstić information content (AvgIpc) is 2.72. The summed E-state index contributed by atoms with van der Waals surface area (Å²) in [4.78, 5) is 2.43. The number of likely N-dealkylation sites (N-methyl/N-ethyl adjacent to an activating group) is 1. The summed E-state index contributed by atoms with van der Waals surface area (Å²) in [6.07, 6.45) is 15.5. The van der Waals surface area contributed by atoms with Gasteiger partial charge in [0.2, 0.25) is 0 Å². The summed E-state index contributed by atoms with van der Waals surface area (Å²) < 4.78 is 0. The van der Waals surface area contributed by atoms with Crippen molar-refractivity contribution in [3.8, 4) is 11.1 Å². The minimum atomic E-state index is 0.224. The Labute approximate surface area is 176 Å². The maximum absolute atomic E-state index is 2.43. The smallest absolute Gasteiger partial charge is 0.0337 e. The molecule has 5 rings (SSSR count). The fraction of sp³-hybridized carbons (Fsp3) is 0.429. The molecule has 0 atom stereocenters. The molecule has 0 fully saturated rings. The van der Waals surface area contributed by atoms with Gasteiger partial charge in [0.1, 0.15) is 0 Å². The van der Waals surface area contributed by atoms with E-state index in [9.17, 15) is 0 Å². The van der Waals surface area contributed by atoms with Gasteiger partial charge in [-0.1, -0.05) is 60.7 Å². The van der Waals surface area contributed by atoms with E-state index in [2.05, 4.69) is 100 Å². The molecule has 2 aliphatic carbocycles. The Hall–Kier alpha value is -2.12. The molecule has 2 aromatic carbocycles. The Bertz CT molecular complexity index is 1050. The molecule has 0 aromatic heterocycles. The van der Waals surface area contributed by atoms with Crippen LogP contribution in [-0.4, -0.2) is 23.0 Å². The van der Waals surface area contributed by atoms with E-state index in [4.69, 9.17) is 0 Å². The molecule has 0 saturated heterocycles. The zero-order chi connectivity index (χ0) is 20.6. The normalized spacial score (nSPS) is 20.7. The van der Waals surface area contributed by atoms with E-state index in [-0.39, 0.29) is 5.54 Å². The first-order valence-electron chi connectivity index (χ1n) is 11.1. The Morgan fingerprint density at radius 1 is 0.828 bits per heavy atom. The van der Waals surface area contributed by atoms with Gasteiger partial charge in [0.05, 0.1) is 0 Å². The van der Waals surface area contributed by atoms with Crippen molar-refractivity contribution < 1.29 is 0 Å². The van der Waals surface area contributed by atoms with Gasteiger partial charge in [0.25, 0.3) is 0 Å². The van der Waals surface area contributed by atoms with E-state index >= 15 is 0 Å². The molecule has 1 aliphatic heterocycles. The topological polar surface area (TPSA) is 3.24 Å². The molecular weight excluding hydrogens is 350 g/mol. The molecule has 0 amide bonds. The number of aryl methyl sites for hydroxylation is 1. The van der Waals surface area contributed by atoms with Crippen LogP contribution in [0.3, 0.4) is 0 Å². The quantitative estimate of drug-likeness (QED) is 0.560. The van der Waals surface area contributed by atoms with Gasteiger partial charge in [0, 0.05) is 11.1 Å². The number of fused-ring (bicyclic) bond motifs is 5. The molecule has 0 saturated carbocycles. The average molecular weight is 386 g/mol. The molecule has 29 heavy (non-hydrogen) atoms. The van der Waals surface area contributed by atoms with E-state index < -0.39 is 0 Å². The van der Waals surface area contributed by atoms with Gasteiger partial charge in [-0.25, -0.2) is 0 Å². The van der Waals surface area contributed by atoms with Gasteiger partial charge in [-0.2, -0.15) is 0 Å². The molecule has 1 heterocycles. The maximum atomic E-state index is 2.43. The van der Waals surface area contributed by atoms with Crippen LogP contribution in [0.4, 0.5) is 0 Å². The second-order valence-electron chi connectivity index (χ2n) is 9.89. The minimum absolute atomic E-state index is 0.224. The highest BCUT2D eigenvalue weighted by atomic mass is 15.2. The van der Waals surface area contributed by atoms with Crippen LogP contribution in [0.15, 0.2) is 48.6 Å². The monoisotopic (exact) mass is 385 g/mol. The predicted octanol–water partition coefficient (Wildman–Crippen LogP) is 5.24. The standard InChI is InChI=1S/C18H16.C10H19N/c1-3-7-15-13(5-1)9-11-18-16-8-4-2-6-14(16)10-12-17(15)18;1-9(2)7-6-8-10(3,4)11(9)5/h1,3,5,7-8,10-12H,2,4,6,9H2;6-7H,8H2,1-5H3. The van der Waals surface area contributed by atoms with Crippen LogP contribution in [0.1, 0.15) is 58.1 Å². The molecule has 0 spiro atoms. The Balaban J connectivity index is 0.000000161. The van der Waals surface area contributed by atoms with E-state index in [1.165, 1.54) is 52.0 Å². The summed E-state index contributed by atoms with van der Waals surface area (Å²) in [6, 6.07) is 13.5. The van der Waals surface area contributed by atoms with Crippen LogP contribution in [0, 0.1) is 0 Å². The van der Waals surface area contributed by atoms with Gasteiger partial charge >= 0.3 is 0 Å². The SMILES string of the molecule is C1=c2c(ccc3c2=CCc2ccccc2-3)CCC1.CN1C(C)(C)C=CCC1(C)C. The maximum Gasteiger partial charge on any atom is 0.0337 e. The molecule has 0 radical (unpaired) electrons. The first-order chi connectivity index (χ1) is 13.8. The zero-order valence-electron chi connectivity index (χ0n) is 18.8. The van der Waals surface area contributed by atoms with Crippen LogP contribution in [0.5, 0.6) is 0 Å². The summed E-state index contributed by atoms with van der Waals surface area (Å²) in [5.41, 5.74) is 6.39. The van der Waals surface area contributed by atoms with Crippen molar-refractivity contribution in [2.45, 2.75) is 70.9 Å². The summed E-state index contributed by atoms with van der Waals surface area (Å²) in [5.74, 6) is 0. The lowest BCUT2D eigenvalue weighted by Gasteiger charge is -2.47. The van der Waals surface area contributed by atoms with E-state index in [1.54, 1.807) is 0 Å². The molecular formula is C28H35N. The highest BCUT2D eigenvalue weighted by molar-refractivity contribution is 5.74. The first-order valence-corrected chi connectivity index (χ1v) is 11.1. The fourth-order valence-electron chi connectivity index (χ4n) is 4.97. The third-order valence-electron chi connectivity index (χ3n) is 7.13. The molecule has 2 aromatic rings. The van der Waals surface area contributed by atoms with Crippen molar-refractivity contribution in [2.75, 3.05) is 7.05 Å². The van der Waals surface area contributed by atoms with Crippen molar-refractivity contribution in [1.82, 2.24) is 4.90 Å². The number of nitrogens with zero attached hydrogens (tertiary/aromatic N) is 1.